The highest BCUT2D eigenvalue weighted by atomic mass is 32.2. The second kappa shape index (κ2) is 9.95. The number of benzene rings is 2. The smallest absolute Gasteiger partial charge is 0.132 e. The van der Waals surface area contributed by atoms with E-state index < -0.39 is 29.9 Å². The first kappa shape index (κ1) is 23.3. The number of thioether (sulfide) groups is 1. The van der Waals surface area contributed by atoms with Gasteiger partial charge in [-0.05, 0) is 71.8 Å². The summed E-state index contributed by atoms with van der Waals surface area (Å²) in [5.41, 5.74) is 3.66. The van der Waals surface area contributed by atoms with E-state index in [1.54, 1.807) is 18.4 Å². The zero-order valence-corrected chi connectivity index (χ0v) is 19.9. The summed E-state index contributed by atoms with van der Waals surface area (Å²) in [7, 11) is 1.66. The van der Waals surface area contributed by atoms with E-state index in [9.17, 15) is 15.3 Å². The minimum Gasteiger partial charge on any atom is -0.497 e. The molecule has 0 amide bonds. The van der Waals surface area contributed by atoms with E-state index in [-0.39, 0.29) is 0 Å². The van der Waals surface area contributed by atoms with Gasteiger partial charge in [-0.3, -0.25) is 0 Å². The molecule has 4 rings (SSSR count). The third-order valence-corrected chi connectivity index (χ3v) is 7.89. The molecule has 1 aliphatic rings. The van der Waals surface area contributed by atoms with Crippen LogP contribution in [0.5, 0.6) is 5.75 Å². The predicted molar refractivity (Wildman–Crippen MR) is 129 cm³/mol. The minimum absolute atomic E-state index is 0.590. The van der Waals surface area contributed by atoms with Crippen molar-refractivity contribution >= 4 is 23.1 Å². The molecule has 7 heteroatoms. The summed E-state index contributed by atoms with van der Waals surface area (Å²) < 4.78 is 11.2. The fourth-order valence-electron chi connectivity index (χ4n) is 3.95. The van der Waals surface area contributed by atoms with Gasteiger partial charge in [0.05, 0.1) is 7.11 Å². The molecule has 0 aliphatic carbocycles. The molecule has 3 aromatic rings. The third-order valence-electron chi connectivity index (χ3n) is 5.90. The molecule has 3 N–H and O–H groups in total. The van der Waals surface area contributed by atoms with Crippen LogP contribution in [0.4, 0.5) is 0 Å². The van der Waals surface area contributed by atoms with Crippen LogP contribution < -0.4 is 4.74 Å². The quantitative estimate of drug-likeness (QED) is 0.500. The van der Waals surface area contributed by atoms with Crippen LogP contribution in [0.15, 0.2) is 54.6 Å². The Bertz CT molecular complexity index is 1050. The fourth-order valence-corrected chi connectivity index (χ4v) is 5.66. The normalized spacial score (nSPS) is 25.6. The van der Waals surface area contributed by atoms with E-state index in [1.165, 1.54) is 21.5 Å². The molecule has 0 bridgehead atoms. The molecule has 1 saturated heterocycles. The van der Waals surface area contributed by atoms with Crippen molar-refractivity contribution in [2.75, 3.05) is 13.4 Å². The number of aliphatic hydroxyl groups excluding tert-OH is 3. The Balaban J connectivity index is 1.55. The summed E-state index contributed by atoms with van der Waals surface area (Å²) >= 11 is 3.07. The second-order valence-corrected chi connectivity index (χ2v) is 10.1. The number of rotatable bonds is 6. The van der Waals surface area contributed by atoms with E-state index in [0.29, 0.717) is 0 Å². The van der Waals surface area contributed by atoms with E-state index in [0.717, 1.165) is 34.4 Å². The van der Waals surface area contributed by atoms with Gasteiger partial charge in [-0.25, -0.2) is 0 Å². The summed E-state index contributed by atoms with van der Waals surface area (Å²) in [6, 6.07) is 18.3. The lowest BCUT2D eigenvalue weighted by Crippen LogP contribution is -2.52. The molecule has 1 fully saturated rings. The zero-order valence-electron chi connectivity index (χ0n) is 18.3. The predicted octanol–water partition coefficient (Wildman–Crippen LogP) is 4.17. The van der Waals surface area contributed by atoms with Crippen molar-refractivity contribution in [2.24, 2.45) is 0 Å². The Morgan fingerprint density at radius 2 is 1.72 bits per heavy atom. The second-order valence-electron chi connectivity index (χ2n) is 7.99. The summed E-state index contributed by atoms with van der Waals surface area (Å²) in [5.74, 6) is 0.839. The largest absolute Gasteiger partial charge is 0.497 e. The molecule has 0 radical (unpaired) electrons. The molecule has 32 heavy (non-hydrogen) atoms. The van der Waals surface area contributed by atoms with Crippen LogP contribution >= 0.6 is 23.1 Å². The maximum Gasteiger partial charge on any atom is 0.132 e. The van der Waals surface area contributed by atoms with Gasteiger partial charge in [0.15, 0.2) is 0 Å². The van der Waals surface area contributed by atoms with Gasteiger partial charge in [0.1, 0.15) is 35.6 Å². The van der Waals surface area contributed by atoms with Crippen LogP contribution in [0.25, 0.3) is 10.4 Å². The Labute approximate surface area is 196 Å². The van der Waals surface area contributed by atoms with E-state index in [1.807, 2.05) is 36.6 Å². The molecule has 2 heterocycles. The number of methoxy groups -OCH3 is 1. The van der Waals surface area contributed by atoms with Crippen molar-refractivity contribution in [2.45, 2.75) is 43.2 Å². The third kappa shape index (κ3) is 4.73. The Kier molecular flexibility index (Phi) is 7.24. The van der Waals surface area contributed by atoms with Gasteiger partial charge in [0, 0.05) is 16.2 Å². The monoisotopic (exact) mass is 472 g/mol. The van der Waals surface area contributed by atoms with E-state index >= 15 is 0 Å². The molecular weight excluding hydrogens is 444 g/mol. The van der Waals surface area contributed by atoms with E-state index in [4.69, 9.17) is 9.47 Å². The van der Waals surface area contributed by atoms with Crippen molar-refractivity contribution in [3.63, 3.8) is 0 Å². The van der Waals surface area contributed by atoms with Gasteiger partial charge >= 0.3 is 0 Å². The standard InChI is InChI=1S/C25H28O5S2/c1-14-4-5-16(24-22(27)21(26)23(28)25(30-24)31-3)12-17(14)13-19-10-11-20(32-19)15-6-8-18(29-2)9-7-15/h4-12,21-28H,13H2,1-3H3/t21-,22-,23+,24+,25-/m1/s1. The highest BCUT2D eigenvalue weighted by Crippen LogP contribution is 2.37. The molecule has 170 valence electrons. The molecule has 0 spiro atoms. The van der Waals surface area contributed by atoms with Crippen LogP contribution in [0.1, 0.15) is 27.7 Å². The number of ether oxygens (including phenoxy) is 2. The van der Waals surface area contributed by atoms with Gasteiger partial charge in [-0.1, -0.05) is 18.2 Å². The van der Waals surface area contributed by atoms with Gasteiger partial charge in [0.2, 0.25) is 0 Å². The lowest BCUT2D eigenvalue weighted by Gasteiger charge is -2.40. The van der Waals surface area contributed by atoms with Gasteiger partial charge in [-0.15, -0.1) is 23.1 Å². The highest BCUT2D eigenvalue weighted by molar-refractivity contribution is 7.99. The molecular formula is C25H28O5S2. The maximum absolute atomic E-state index is 10.5. The first-order valence-corrected chi connectivity index (χ1v) is 12.6. The number of hydrogen-bond donors (Lipinski definition) is 3. The summed E-state index contributed by atoms with van der Waals surface area (Å²) in [4.78, 5) is 2.43. The number of thiophene rings is 1. The Morgan fingerprint density at radius 1 is 0.969 bits per heavy atom. The molecule has 1 aromatic heterocycles. The molecule has 2 aromatic carbocycles. The Hall–Kier alpha value is -1.87. The SMILES string of the molecule is COc1ccc(-c2ccc(Cc3cc([C@@H]4O[C@H](SC)[C@@H](O)[C@H](O)[C@H]4O)ccc3C)s2)cc1. The van der Waals surface area contributed by atoms with E-state index in [2.05, 4.69) is 31.2 Å². The van der Waals surface area contributed by atoms with Crippen molar-refractivity contribution in [1.29, 1.82) is 0 Å². The first-order chi connectivity index (χ1) is 15.4. The average molecular weight is 473 g/mol. The summed E-state index contributed by atoms with van der Waals surface area (Å²) in [6.45, 7) is 2.07. The molecule has 5 atom stereocenters. The van der Waals surface area contributed by atoms with Crippen molar-refractivity contribution in [3.05, 3.63) is 76.2 Å². The zero-order chi connectivity index (χ0) is 22.8. The lowest BCUT2D eigenvalue weighted by molar-refractivity contribution is -0.200. The van der Waals surface area contributed by atoms with Gasteiger partial charge < -0.3 is 24.8 Å². The summed E-state index contributed by atoms with van der Waals surface area (Å²) in [5, 5.41) is 31.0. The average Bonchev–Trinajstić information content (AvgIpc) is 3.28. The highest BCUT2D eigenvalue weighted by Gasteiger charge is 2.44. The van der Waals surface area contributed by atoms with Gasteiger partial charge in [-0.2, -0.15) is 0 Å². The van der Waals surface area contributed by atoms with Crippen LogP contribution in [-0.2, 0) is 11.2 Å². The summed E-state index contributed by atoms with van der Waals surface area (Å²) in [6.07, 6.45) is -1.67. The minimum atomic E-state index is -1.25. The number of aryl methyl sites for hydroxylation is 1. The van der Waals surface area contributed by atoms with Gasteiger partial charge in [0.25, 0.3) is 0 Å². The molecule has 1 aliphatic heterocycles. The maximum atomic E-state index is 10.5. The van der Waals surface area contributed by atoms with Crippen molar-refractivity contribution < 1.29 is 24.8 Å². The number of hydrogen-bond acceptors (Lipinski definition) is 7. The Morgan fingerprint density at radius 3 is 2.41 bits per heavy atom. The van der Waals surface area contributed by atoms with Crippen LogP contribution in [0.3, 0.4) is 0 Å². The van der Waals surface area contributed by atoms with Crippen LogP contribution in [0, 0.1) is 6.92 Å². The number of aliphatic hydroxyl groups is 3. The topological polar surface area (TPSA) is 79.2 Å². The van der Waals surface area contributed by atoms with Crippen LogP contribution in [0.2, 0.25) is 0 Å². The fraction of sp³-hybridized carbons (Fsp3) is 0.360. The van der Waals surface area contributed by atoms with Crippen LogP contribution in [-0.4, -0.2) is 52.4 Å². The van der Waals surface area contributed by atoms with Crippen molar-refractivity contribution in [1.82, 2.24) is 0 Å². The van der Waals surface area contributed by atoms with Crippen molar-refractivity contribution in [3.8, 4) is 16.2 Å². The first-order valence-electron chi connectivity index (χ1n) is 10.5. The lowest BCUT2D eigenvalue weighted by atomic mass is 9.92. The molecule has 5 nitrogen and oxygen atoms in total. The molecule has 0 unspecified atom stereocenters. The molecule has 0 saturated carbocycles.